The van der Waals surface area contributed by atoms with E-state index in [0.29, 0.717) is 47.7 Å². The normalized spacial score (nSPS) is 15.8. The number of nitrogens with two attached hydrogens (primary N) is 1. The summed E-state index contributed by atoms with van der Waals surface area (Å²) < 4.78 is 3.65. The standard InChI is InChI=1S/C25H26N8O4/c1-2-31-22-21(29-25(31)30-9-5-6-16(27)12-30)23(36)33(14-20(34)35)32(24(22)37)13-17-10-15(11-26)18-7-3-4-8-19(18)28-17/h3-4,7-8,10,16H,2,5-6,9,12-14,27H2,1H3,(H,34,35). The van der Waals surface area contributed by atoms with Crippen LogP contribution in [0.25, 0.3) is 21.9 Å². The van der Waals surface area contributed by atoms with E-state index >= 15 is 0 Å². The number of rotatable bonds is 6. The molecule has 0 aliphatic carbocycles. The highest BCUT2D eigenvalue weighted by molar-refractivity contribution is 5.84. The average Bonchev–Trinajstić information content (AvgIpc) is 3.28. The van der Waals surface area contributed by atoms with E-state index in [4.69, 9.17) is 5.73 Å². The lowest BCUT2D eigenvalue weighted by atomic mass is 10.1. The molecule has 1 unspecified atom stereocenters. The SMILES string of the molecule is CCn1c(N2CCCC(N)C2)nc2c(=O)n(CC(=O)O)n(Cc3cc(C#N)c4ccccc4n3)c(=O)c21. The van der Waals surface area contributed by atoms with Gasteiger partial charge in [0.1, 0.15) is 12.1 Å². The molecule has 4 aromatic rings. The molecule has 12 nitrogen and oxygen atoms in total. The van der Waals surface area contributed by atoms with E-state index in [-0.39, 0.29) is 23.6 Å². The summed E-state index contributed by atoms with van der Waals surface area (Å²) in [6.07, 6.45) is 1.74. The molecule has 5 rings (SSSR count). The number of para-hydroxylation sites is 1. The van der Waals surface area contributed by atoms with Gasteiger partial charge in [0.2, 0.25) is 5.95 Å². The third kappa shape index (κ3) is 4.23. The van der Waals surface area contributed by atoms with Crippen LogP contribution in [0, 0.1) is 11.3 Å². The van der Waals surface area contributed by atoms with E-state index in [1.165, 1.54) is 0 Å². The van der Waals surface area contributed by atoms with Crippen LogP contribution in [-0.4, -0.2) is 54.1 Å². The monoisotopic (exact) mass is 502 g/mol. The van der Waals surface area contributed by atoms with Gasteiger partial charge in [0.25, 0.3) is 11.1 Å². The summed E-state index contributed by atoms with van der Waals surface area (Å²) in [5.74, 6) is -0.812. The minimum absolute atomic E-state index is 0.0486. The highest BCUT2D eigenvalue weighted by atomic mass is 16.4. The number of aliphatic carboxylic acids is 1. The Morgan fingerprint density at radius 3 is 2.70 bits per heavy atom. The largest absolute Gasteiger partial charge is 0.480 e. The fourth-order valence-corrected chi connectivity index (χ4v) is 5.00. The molecular weight excluding hydrogens is 476 g/mol. The van der Waals surface area contributed by atoms with Gasteiger partial charge in [0.15, 0.2) is 5.52 Å². The Morgan fingerprint density at radius 1 is 1.22 bits per heavy atom. The Kier molecular flexibility index (Phi) is 6.22. The summed E-state index contributed by atoms with van der Waals surface area (Å²) in [7, 11) is 0. The fourth-order valence-electron chi connectivity index (χ4n) is 5.00. The van der Waals surface area contributed by atoms with Crippen molar-refractivity contribution < 1.29 is 9.90 Å². The molecule has 1 aromatic carbocycles. The highest BCUT2D eigenvalue weighted by Gasteiger charge is 2.27. The van der Waals surface area contributed by atoms with Crippen molar-refractivity contribution in [3.8, 4) is 6.07 Å². The topological polar surface area (TPSA) is 165 Å². The first kappa shape index (κ1) is 24.2. The summed E-state index contributed by atoms with van der Waals surface area (Å²) in [5, 5.41) is 19.8. The lowest BCUT2D eigenvalue weighted by Crippen LogP contribution is -2.44. The van der Waals surface area contributed by atoms with Crippen LogP contribution >= 0.6 is 0 Å². The number of carboxylic acids is 1. The van der Waals surface area contributed by atoms with E-state index in [1.54, 1.807) is 34.9 Å². The highest BCUT2D eigenvalue weighted by Crippen LogP contribution is 2.23. The molecule has 190 valence electrons. The van der Waals surface area contributed by atoms with Crippen LogP contribution in [0.15, 0.2) is 39.9 Å². The molecule has 12 heteroatoms. The molecule has 1 aliphatic rings. The quantitative estimate of drug-likeness (QED) is 0.389. The van der Waals surface area contributed by atoms with Crippen molar-refractivity contribution >= 4 is 33.9 Å². The summed E-state index contributed by atoms with van der Waals surface area (Å²) >= 11 is 0. The zero-order valence-corrected chi connectivity index (χ0v) is 20.3. The molecule has 1 fully saturated rings. The maximum absolute atomic E-state index is 13.9. The van der Waals surface area contributed by atoms with Gasteiger partial charge >= 0.3 is 5.97 Å². The van der Waals surface area contributed by atoms with Gasteiger partial charge in [0, 0.05) is 31.1 Å². The average molecular weight is 503 g/mol. The second-order valence-electron chi connectivity index (χ2n) is 9.11. The molecule has 1 aliphatic heterocycles. The van der Waals surface area contributed by atoms with Gasteiger partial charge < -0.3 is 20.3 Å². The molecule has 3 aromatic heterocycles. The number of imidazole rings is 1. The summed E-state index contributed by atoms with van der Waals surface area (Å²) in [6, 6.07) is 10.7. The maximum Gasteiger partial charge on any atom is 0.325 e. The number of piperidine rings is 1. The van der Waals surface area contributed by atoms with Gasteiger partial charge in [-0.1, -0.05) is 18.2 Å². The van der Waals surface area contributed by atoms with E-state index in [0.717, 1.165) is 22.2 Å². The minimum atomic E-state index is -1.28. The predicted octanol–water partition coefficient (Wildman–Crippen LogP) is 0.860. The number of carboxylic acid groups (broad SMARTS) is 1. The van der Waals surface area contributed by atoms with E-state index in [9.17, 15) is 24.8 Å². The molecular formula is C25H26N8O4. The van der Waals surface area contributed by atoms with Gasteiger partial charge in [-0.15, -0.1) is 0 Å². The van der Waals surface area contributed by atoms with E-state index in [1.807, 2.05) is 11.8 Å². The van der Waals surface area contributed by atoms with Crippen LogP contribution in [0.3, 0.4) is 0 Å². The maximum atomic E-state index is 13.9. The number of fused-ring (bicyclic) bond motifs is 2. The van der Waals surface area contributed by atoms with Crippen LogP contribution in [-0.2, 0) is 24.4 Å². The van der Waals surface area contributed by atoms with Crippen molar-refractivity contribution in [3.63, 3.8) is 0 Å². The van der Waals surface area contributed by atoms with Gasteiger partial charge in [-0.2, -0.15) is 5.26 Å². The van der Waals surface area contributed by atoms with E-state index in [2.05, 4.69) is 16.0 Å². The number of pyridine rings is 1. The molecule has 0 bridgehead atoms. The molecule has 1 atom stereocenters. The van der Waals surface area contributed by atoms with Crippen LogP contribution in [0.5, 0.6) is 0 Å². The number of hydrogen-bond acceptors (Lipinski definition) is 8. The number of benzene rings is 1. The number of carbonyl (C=O) groups is 1. The Labute approximate surface area is 210 Å². The summed E-state index contributed by atoms with van der Waals surface area (Å²) in [6.45, 7) is 2.53. The van der Waals surface area contributed by atoms with Crippen LogP contribution in [0.4, 0.5) is 5.95 Å². The molecule has 3 N–H and O–H groups in total. The van der Waals surface area contributed by atoms with Crippen LogP contribution in [0.2, 0.25) is 0 Å². The van der Waals surface area contributed by atoms with Crippen molar-refractivity contribution in [2.45, 2.75) is 45.4 Å². The second-order valence-corrected chi connectivity index (χ2v) is 9.11. The predicted molar refractivity (Wildman–Crippen MR) is 137 cm³/mol. The van der Waals surface area contributed by atoms with Crippen molar-refractivity contribution in [3.05, 3.63) is 62.3 Å². The fraction of sp³-hybridized carbons (Fsp3) is 0.360. The third-order valence-electron chi connectivity index (χ3n) is 6.66. The molecule has 0 amide bonds. The van der Waals surface area contributed by atoms with Crippen molar-refractivity contribution in [1.29, 1.82) is 5.26 Å². The number of aryl methyl sites for hydroxylation is 1. The number of aromatic nitrogens is 5. The van der Waals surface area contributed by atoms with Crippen molar-refractivity contribution in [2.24, 2.45) is 5.73 Å². The Hall–Kier alpha value is -4.50. The third-order valence-corrected chi connectivity index (χ3v) is 6.66. The zero-order chi connectivity index (χ0) is 26.3. The van der Waals surface area contributed by atoms with Gasteiger partial charge in [-0.25, -0.2) is 14.3 Å². The molecule has 37 heavy (non-hydrogen) atoms. The Bertz CT molecular complexity index is 1690. The van der Waals surface area contributed by atoms with Crippen molar-refractivity contribution in [1.82, 2.24) is 23.9 Å². The molecule has 0 radical (unpaired) electrons. The number of nitrogens with zero attached hydrogens (tertiary/aromatic N) is 7. The summed E-state index contributed by atoms with van der Waals surface area (Å²) in [4.78, 5) is 50.1. The number of nitriles is 1. The molecule has 0 saturated carbocycles. The first-order valence-electron chi connectivity index (χ1n) is 12.1. The minimum Gasteiger partial charge on any atom is -0.480 e. The number of hydrogen-bond donors (Lipinski definition) is 2. The lowest BCUT2D eigenvalue weighted by molar-refractivity contribution is -0.138. The lowest BCUT2D eigenvalue weighted by Gasteiger charge is -2.31. The second kappa shape index (κ2) is 9.51. The van der Waals surface area contributed by atoms with Gasteiger partial charge in [-0.3, -0.25) is 19.4 Å². The Balaban J connectivity index is 1.73. The van der Waals surface area contributed by atoms with Gasteiger partial charge in [-0.05, 0) is 31.9 Å². The Morgan fingerprint density at radius 2 is 2.00 bits per heavy atom. The van der Waals surface area contributed by atoms with Crippen molar-refractivity contribution in [2.75, 3.05) is 18.0 Å². The molecule has 1 saturated heterocycles. The molecule has 0 spiro atoms. The van der Waals surface area contributed by atoms with Crippen LogP contribution in [0.1, 0.15) is 31.0 Å². The smallest absolute Gasteiger partial charge is 0.325 e. The van der Waals surface area contributed by atoms with Gasteiger partial charge in [0.05, 0.1) is 29.4 Å². The molecule has 4 heterocycles. The summed E-state index contributed by atoms with van der Waals surface area (Å²) in [5.41, 5.74) is 6.19. The zero-order valence-electron chi connectivity index (χ0n) is 20.3. The van der Waals surface area contributed by atoms with Crippen LogP contribution < -0.4 is 21.8 Å². The first-order valence-corrected chi connectivity index (χ1v) is 12.1. The number of anilines is 1. The van der Waals surface area contributed by atoms with E-state index < -0.39 is 23.6 Å². The first-order chi connectivity index (χ1) is 17.8.